The van der Waals surface area contributed by atoms with Crippen molar-refractivity contribution in [2.75, 3.05) is 7.11 Å². The molecular formula is C8H11NO2S. The lowest BCUT2D eigenvalue weighted by atomic mass is 10.1. The summed E-state index contributed by atoms with van der Waals surface area (Å²) in [6, 6.07) is -0.638. The van der Waals surface area contributed by atoms with Crippen LogP contribution in [0.1, 0.15) is 17.2 Å². The van der Waals surface area contributed by atoms with Gasteiger partial charge in [0.2, 0.25) is 0 Å². The zero-order valence-electron chi connectivity index (χ0n) is 7.03. The molecule has 0 spiro atoms. The summed E-state index contributed by atoms with van der Waals surface area (Å²) >= 11 is 1.53. The molecule has 0 saturated heterocycles. The number of carbonyl (C=O) groups excluding carboxylic acids is 1. The summed E-state index contributed by atoms with van der Waals surface area (Å²) in [4.78, 5) is 11.0. The Hall–Kier alpha value is -0.870. The second-order valence-corrected chi connectivity index (χ2v) is 3.25. The zero-order valence-corrected chi connectivity index (χ0v) is 7.85. The van der Waals surface area contributed by atoms with Crippen LogP contribution in [0.25, 0.3) is 0 Å². The van der Waals surface area contributed by atoms with Crippen molar-refractivity contribution < 1.29 is 9.53 Å². The molecule has 3 nitrogen and oxygen atoms in total. The minimum absolute atomic E-state index is 0.392. The van der Waals surface area contributed by atoms with E-state index in [0.29, 0.717) is 0 Å². The van der Waals surface area contributed by atoms with Crippen molar-refractivity contribution in [3.63, 3.8) is 0 Å². The van der Waals surface area contributed by atoms with E-state index < -0.39 is 12.0 Å². The molecule has 0 bridgehead atoms. The number of rotatable bonds is 2. The van der Waals surface area contributed by atoms with Crippen molar-refractivity contribution in [3.05, 3.63) is 21.9 Å². The van der Waals surface area contributed by atoms with Gasteiger partial charge in [-0.1, -0.05) is 0 Å². The van der Waals surface area contributed by atoms with E-state index in [4.69, 9.17) is 5.73 Å². The lowest BCUT2D eigenvalue weighted by Gasteiger charge is -2.07. The Kier molecular flexibility index (Phi) is 2.83. The normalized spacial score (nSPS) is 12.6. The van der Waals surface area contributed by atoms with Gasteiger partial charge in [-0.3, -0.25) is 4.79 Å². The van der Waals surface area contributed by atoms with Crippen LogP contribution in [-0.2, 0) is 9.53 Å². The molecule has 66 valence electrons. The first-order chi connectivity index (χ1) is 5.66. The Morgan fingerprint density at radius 3 is 2.75 bits per heavy atom. The maximum Gasteiger partial charge on any atom is 0.327 e. The van der Waals surface area contributed by atoms with E-state index in [9.17, 15) is 4.79 Å². The Morgan fingerprint density at radius 1 is 1.67 bits per heavy atom. The van der Waals surface area contributed by atoms with Crippen LogP contribution in [0.3, 0.4) is 0 Å². The van der Waals surface area contributed by atoms with Crippen molar-refractivity contribution in [2.45, 2.75) is 13.0 Å². The monoisotopic (exact) mass is 185 g/mol. The third-order valence-corrected chi connectivity index (χ3v) is 2.56. The fourth-order valence-electron chi connectivity index (χ4n) is 0.943. The summed E-state index contributed by atoms with van der Waals surface area (Å²) in [5.74, 6) is -0.392. The van der Waals surface area contributed by atoms with Crippen molar-refractivity contribution in [1.82, 2.24) is 0 Å². The molecule has 0 aliphatic rings. The molecule has 2 N–H and O–H groups in total. The summed E-state index contributed by atoms with van der Waals surface area (Å²) < 4.78 is 4.53. The third kappa shape index (κ3) is 1.65. The van der Waals surface area contributed by atoms with Crippen LogP contribution in [-0.4, -0.2) is 13.1 Å². The Morgan fingerprint density at radius 2 is 2.33 bits per heavy atom. The van der Waals surface area contributed by atoms with Crippen LogP contribution >= 0.6 is 11.3 Å². The van der Waals surface area contributed by atoms with Gasteiger partial charge in [0.25, 0.3) is 0 Å². The van der Waals surface area contributed by atoms with Gasteiger partial charge in [0, 0.05) is 0 Å². The van der Waals surface area contributed by atoms with Crippen molar-refractivity contribution in [2.24, 2.45) is 5.73 Å². The number of aryl methyl sites for hydroxylation is 1. The zero-order chi connectivity index (χ0) is 9.14. The van der Waals surface area contributed by atoms with Crippen LogP contribution in [0, 0.1) is 6.92 Å². The summed E-state index contributed by atoms with van der Waals surface area (Å²) in [6.07, 6.45) is 0. The van der Waals surface area contributed by atoms with E-state index in [-0.39, 0.29) is 0 Å². The molecule has 4 heteroatoms. The second-order valence-electron chi connectivity index (χ2n) is 2.51. The predicted octanol–water partition coefficient (Wildman–Crippen LogP) is 1.23. The minimum atomic E-state index is -0.638. The highest BCUT2D eigenvalue weighted by atomic mass is 32.1. The average Bonchev–Trinajstić information content (AvgIpc) is 2.48. The first-order valence-corrected chi connectivity index (χ1v) is 4.47. The first-order valence-electron chi connectivity index (χ1n) is 3.53. The molecule has 1 heterocycles. The van der Waals surface area contributed by atoms with Gasteiger partial charge in [0.15, 0.2) is 0 Å². The van der Waals surface area contributed by atoms with Gasteiger partial charge >= 0.3 is 5.97 Å². The molecule has 1 unspecified atom stereocenters. The largest absolute Gasteiger partial charge is 0.468 e. The van der Waals surface area contributed by atoms with Crippen LogP contribution < -0.4 is 5.73 Å². The van der Waals surface area contributed by atoms with Gasteiger partial charge in [0.1, 0.15) is 6.04 Å². The number of methoxy groups -OCH3 is 1. The van der Waals surface area contributed by atoms with Gasteiger partial charge in [-0.25, -0.2) is 0 Å². The highest BCUT2D eigenvalue weighted by molar-refractivity contribution is 7.08. The van der Waals surface area contributed by atoms with Crippen molar-refractivity contribution in [1.29, 1.82) is 0 Å². The first kappa shape index (κ1) is 9.22. The van der Waals surface area contributed by atoms with Gasteiger partial charge in [-0.2, -0.15) is 11.3 Å². The van der Waals surface area contributed by atoms with Crippen LogP contribution in [0.5, 0.6) is 0 Å². The van der Waals surface area contributed by atoms with E-state index in [1.165, 1.54) is 18.4 Å². The molecule has 0 aliphatic heterocycles. The average molecular weight is 185 g/mol. The van der Waals surface area contributed by atoms with Crippen molar-refractivity contribution >= 4 is 17.3 Å². The van der Waals surface area contributed by atoms with E-state index in [2.05, 4.69) is 4.74 Å². The van der Waals surface area contributed by atoms with Crippen LogP contribution in [0.4, 0.5) is 0 Å². The molecule has 0 fully saturated rings. The molecule has 0 aromatic carbocycles. The number of hydrogen-bond donors (Lipinski definition) is 1. The lowest BCUT2D eigenvalue weighted by molar-refractivity contribution is -0.142. The third-order valence-electron chi connectivity index (χ3n) is 1.69. The molecule has 1 rings (SSSR count). The fraction of sp³-hybridized carbons (Fsp3) is 0.375. The topological polar surface area (TPSA) is 52.3 Å². The summed E-state index contributed by atoms with van der Waals surface area (Å²) in [5.41, 5.74) is 7.52. The highest BCUT2D eigenvalue weighted by Gasteiger charge is 2.18. The molecule has 1 aromatic heterocycles. The standard InChI is InChI=1S/C8H11NO2S/c1-5-3-12-4-6(5)7(9)8(10)11-2/h3-4,7H,9H2,1-2H3. The van der Waals surface area contributed by atoms with Gasteiger partial charge < -0.3 is 10.5 Å². The molecule has 12 heavy (non-hydrogen) atoms. The van der Waals surface area contributed by atoms with Crippen LogP contribution in [0.15, 0.2) is 10.8 Å². The van der Waals surface area contributed by atoms with E-state index in [0.717, 1.165) is 11.1 Å². The summed E-state index contributed by atoms with van der Waals surface area (Å²) in [7, 11) is 1.34. The maximum absolute atomic E-state index is 11.0. The highest BCUT2D eigenvalue weighted by Crippen LogP contribution is 2.20. The summed E-state index contributed by atoms with van der Waals surface area (Å²) in [5, 5.41) is 3.83. The smallest absolute Gasteiger partial charge is 0.327 e. The predicted molar refractivity (Wildman–Crippen MR) is 48.0 cm³/mol. The number of carbonyl (C=O) groups is 1. The summed E-state index contributed by atoms with van der Waals surface area (Å²) in [6.45, 7) is 1.93. The quantitative estimate of drug-likeness (QED) is 0.705. The molecule has 1 atom stereocenters. The molecule has 1 aromatic rings. The lowest BCUT2D eigenvalue weighted by Crippen LogP contribution is -2.22. The number of thiophene rings is 1. The Bertz CT molecular complexity index is 282. The molecule has 0 saturated carbocycles. The van der Waals surface area contributed by atoms with Gasteiger partial charge in [-0.05, 0) is 28.8 Å². The molecule has 0 aliphatic carbocycles. The van der Waals surface area contributed by atoms with Crippen molar-refractivity contribution in [3.8, 4) is 0 Å². The maximum atomic E-state index is 11.0. The number of esters is 1. The number of nitrogens with two attached hydrogens (primary N) is 1. The van der Waals surface area contributed by atoms with Crippen LogP contribution in [0.2, 0.25) is 0 Å². The van der Waals surface area contributed by atoms with Gasteiger partial charge in [-0.15, -0.1) is 0 Å². The number of hydrogen-bond acceptors (Lipinski definition) is 4. The second kappa shape index (κ2) is 3.69. The number of ether oxygens (including phenoxy) is 1. The van der Waals surface area contributed by atoms with E-state index in [1.54, 1.807) is 0 Å². The Balaban J connectivity index is 2.84. The molecule has 0 amide bonds. The SMILES string of the molecule is COC(=O)C(N)c1cscc1C. The van der Waals surface area contributed by atoms with Gasteiger partial charge in [0.05, 0.1) is 7.11 Å². The minimum Gasteiger partial charge on any atom is -0.468 e. The van der Waals surface area contributed by atoms with E-state index >= 15 is 0 Å². The molecular weight excluding hydrogens is 174 g/mol. The fourth-order valence-corrected chi connectivity index (χ4v) is 1.83. The molecule has 0 radical (unpaired) electrons. The Labute approximate surface area is 75.1 Å². The van der Waals surface area contributed by atoms with E-state index in [1.807, 2.05) is 17.7 Å².